The highest BCUT2D eigenvalue weighted by Gasteiger charge is 2.47. The van der Waals surface area contributed by atoms with Crippen molar-refractivity contribution in [3.05, 3.63) is 35.9 Å². The number of hydrogen-bond acceptors (Lipinski definition) is 3. The van der Waals surface area contributed by atoms with Crippen LogP contribution in [-0.2, 0) is 11.8 Å². The van der Waals surface area contributed by atoms with Gasteiger partial charge in [-0.25, -0.2) is 0 Å². The fraction of sp³-hybridized carbons (Fsp3) is 0.588. The van der Waals surface area contributed by atoms with Crippen LogP contribution in [0.1, 0.15) is 42.3 Å². The average Bonchev–Trinajstić information content (AvgIpc) is 3.04. The number of carbonyl (C=O) groups is 1. The van der Waals surface area contributed by atoms with Gasteiger partial charge in [-0.2, -0.15) is 10.2 Å². The van der Waals surface area contributed by atoms with E-state index in [4.69, 9.17) is 0 Å². The standard InChI is InChI=1S/C17H23N5O/c1-12-7-19-22(9-12)14-4-3-5-21(11-14)17(23)16-6-15(16)13-8-18-20(2)10-13/h7-10,14-16H,3-6,11H2,1-2H3/t14-,15+,16-/m1/s1. The average molecular weight is 313 g/mol. The maximum absolute atomic E-state index is 12.8. The number of aromatic nitrogens is 4. The summed E-state index contributed by atoms with van der Waals surface area (Å²) < 4.78 is 3.84. The van der Waals surface area contributed by atoms with Crippen LogP contribution in [0.25, 0.3) is 0 Å². The summed E-state index contributed by atoms with van der Waals surface area (Å²) in [6, 6.07) is 0.317. The van der Waals surface area contributed by atoms with Gasteiger partial charge in [-0.05, 0) is 43.2 Å². The van der Waals surface area contributed by atoms with Gasteiger partial charge in [-0.3, -0.25) is 14.2 Å². The van der Waals surface area contributed by atoms with Gasteiger partial charge in [0.1, 0.15) is 0 Å². The van der Waals surface area contributed by atoms with Crippen molar-refractivity contribution in [2.24, 2.45) is 13.0 Å². The Kier molecular flexibility index (Phi) is 3.47. The molecule has 4 rings (SSSR count). The van der Waals surface area contributed by atoms with Crippen LogP contribution < -0.4 is 0 Å². The van der Waals surface area contributed by atoms with Crippen LogP contribution in [0.4, 0.5) is 0 Å². The van der Waals surface area contributed by atoms with Gasteiger partial charge in [-0.15, -0.1) is 0 Å². The van der Waals surface area contributed by atoms with E-state index in [1.807, 2.05) is 39.9 Å². The Morgan fingerprint density at radius 1 is 1.26 bits per heavy atom. The summed E-state index contributed by atoms with van der Waals surface area (Å²) >= 11 is 0. The van der Waals surface area contributed by atoms with Gasteiger partial charge in [0.25, 0.3) is 0 Å². The summed E-state index contributed by atoms with van der Waals surface area (Å²) in [5.74, 6) is 0.827. The van der Waals surface area contributed by atoms with Crippen molar-refractivity contribution in [3.63, 3.8) is 0 Å². The molecule has 1 aliphatic heterocycles. The summed E-state index contributed by atoms with van der Waals surface area (Å²) in [5.41, 5.74) is 2.37. The molecular weight excluding hydrogens is 290 g/mol. The van der Waals surface area contributed by atoms with Gasteiger partial charge < -0.3 is 4.90 Å². The second-order valence-electron chi connectivity index (χ2n) is 6.97. The van der Waals surface area contributed by atoms with Crippen molar-refractivity contribution in [2.45, 2.75) is 38.1 Å². The number of nitrogens with zero attached hydrogens (tertiary/aromatic N) is 5. The second-order valence-corrected chi connectivity index (χ2v) is 6.97. The van der Waals surface area contributed by atoms with E-state index < -0.39 is 0 Å². The summed E-state index contributed by atoms with van der Waals surface area (Å²) in [5, 5.41) is 8.65. The second kappa shape index (κ2) is 5.51. The molecule has 2 aromatic heterocycles. The van der Waals surface area contributed by atoms with Gasteiger partial charge in [0, 0.05) is 38.4 Å². The first-order valence-electron chi connectivity index (χ1n) is 8.40. The van der Waals surface area contributed by atoms with E-state index in [0.29, 0.717) is 17.9 Å². The molecule has 6 heteroatoms. The van der Waals surface area contributed by atoms with Crippen LogP contribution in [0.3, 0.4) is 0 Å². The molecule has 0 unspecified atom stereocenters. The predicted molar refractivity (Wildman–Crippen MR) is 85.9 cm³/mol. The van der Waals surface area contributed by atoms with Gasteiger partial charge in [0.05, 0.1) is 18.4 Å². The summed E-state index contributed by atoms with van der Waals surface area (Å²) in [6.45, 7) is 3.72. The monoisotopic (exact) mass is 313 g/mol. The highest BCUT2D eigenvalue weighted by atomic mass is 16.2. The fourth-order valence-electron chi connectivity index (χ4n) is 3.71. The SMILES string of the molecule is Cc1cnn([C@@H]2CCCN(C(=O)[C@@H]3C[C@H]3c3cnn(C)c3)C2)c1. The van der Waals surface area contributed by atoms with E-state index in [2.05, 4.69) is 23.3 Å². The largest absolute Gasteiger partial charge is 0.340 e. The van der Waals surface area contributed by atoms with E-state index in [9.17, 15) is 4.79 Å². The number of hydrogen-bond donors (Lipinski definition) is 0. The van der Waals surface area contributed by atoms with Crippen LogP contribution in [0.2, 0.25) is 0 Å². The topological polar surface area (TPSA) is 56.0 Å². The Morgan fingerprint density at radius 3 is 2.83 bits per heavy atom. The molecular formula is C17H23N5O. The van der Waals surface area contributed by atoms with Crippen molar-refractivity contribution in [3.8, 4) is 0 Å². The van der Waals surface area contributed by atoms with Gasteiger partial charge in [0.2, 0.25) is 5.91 Å². The molecule has 1 saturated carbocycles. The van der Waals surface area contributed by atoms with Crippen molar-refractivity contribution in [2.75, 3.05) is 13.1 Å². The van der Waals surface area contributed by atoms with Crippen molar-refractivity contribution >= 4 is 5.91 Å². The van der Waals surface area contributed by atoms with Crippen molar-refractivity contribution in [1.29, 1.82) is 0 Å². The summed E-state index contributed by atoms with van der Waals surface area (Å²) in [7, 11) is 1.92. The maximum atomic E-state index is 12.8. The Labute approximate surface area is 136 Å². The number of carbonyl (C=O) groups excluding carboxylic acids is 1. The minimum Gasteiger partial charge on any atom is -0.340 e. The number of aryl methyl sites for hydroxylation is 2. The lowest BCUT2D eigenvalue weighted by Gasteiger charge is -2.33. The molecule has 0 radical (unpaired) electrons. The fourth-order valence-corrected chi connectivity index (χ4v) is 3.71. The van der Waals surface area contributed by atoms with E-state index >= 15 is 0 Å². The Hall–Kier alpha value is -2.11. The number of likely N-dealkylation sites (tertiary alicyclic amines) is 1. The highest BCUT2D eigenvalue weighted by Crippen LogP contribution is 2.48. The lowest BCUT2D eigenvalue weighted by molar-refractivity contribution is -0.134. The zero-order chi connectivity index (χ0) is 16.0. The molecule has 0 bridgehead atoms. The highest BCUT2D eigenvalue weighted by molar-refractivity contribution is 5.83. The van der Waals surface area contributed by atoms with Crippen LogP contribution >= 0.6 is 0 Å². The summed E-state index contributed by atoms with van der Waals surface area (Å²) in [6.07, 6.45) is 11.0. The number of rotatable bonds is 3. The number of piperidine rings is 1. The molecule has 0 spiro atoms. The maximum Gasteiger partial charge on any atom is 0.226 e. The normalized spacial score (nSPS) is 27.2. The molecule has 1 amide bonds. The van der Waals surface area contributed by atoms with E-state index in [1.54, 1.807) is 0 Å². The Morgan fingerprint density at radius 2 is 2.13 bits per heavy atom. The van der Waals surface area contributed by atoms with Crippen molar-refractivity contribution < 1.29 is 4.79 Å². The molecule has 3 heterocycles. The summed E-state index contributed by atoms with van der Waals surface area (Å²) in [4.78, 5) is 14.8. The molecule has 1 saturated heterocycles. The molecule has 122 valence electrons. The van der Waals surface area contributed by atoms with Crippen LogP contribution in [0, 0.1) is 12.8 Å². The third-order valence-electron chi connectivity index (χ3n) is 5.07. The third-order valence-corrected chi connectivity index (χ3v) is 5.07. The molecule has 0 aromatic carbocycles. The molecule has 6 nitrogen and oxygen atoms in total. The van der Waals surface area contributed by atoms with E-state index in [0.717, 1.165) is 32.4 Å². The zero-order valence-electron chi connectivity index (χ0n) is 13.7. The number of amides is 1. The van der Waals surface area contributed by atoms with Gasteiger partial charge >= 0.3 is 0 Å². The molecule has 2 aromatic rings. The van der Waals surface area contributed by atoms with E-state index in [-0.39, 0.29) is 5.92 Å². The van der Waals surface area contributed by atoms with Crippen molar-refractivity contribution in [1.82, 2.24) is 24.5 Å². The van der Waals surface area contributed by atoms with Crippen LogP contribution in [-0.4, -0.2) is 43.5 Å². The molecule has 0 N–H and O–H groups in total. The molecule has 2 aliphatic rings. The van der Waals surface area contributed by atoms with Crippen LogP contribution in [0.5, 0.6) is 0 Å². The zero-order valence-corrected chi connectivity index (χ0v) is 13.7. The molecule has 3 atom stereocenters. The Bertz CT molecular complexity index is 718. The molecule has 1 aliphatic carbocycles. The Balaban J connectivity index is 1.41. The minimum absolute atomic E-state index is 0.150. The van der Waals surface area contributed by atoms with Crippen LogP contribution in [0.15, 0.2) is 24.8 Å². The minimum atomic E-state index is 0.150. The van der Waals surface area contributed by atoms with E-state index in [1.165, 1.54) is 11.1 Å². The molecule has 23 heavy (non-hydrogen) atoms. The first-order valence-corrected chi connectivity index (χ1v) is 8.40. The first-order chi connectivity index (χ1) is 11.1. The predicted octanol–water partition coefficient (Wildman–Crippen LogP) is 1.89. The van der Waals surface area contributed by atoms with Gasteiger partial charge in [-0.1, -0.05) is 0 Å². The lowest BCUT2D eigenvalue weighted by Crippen LogP contribution is -2.41. The first kappa shape index (κ1) is 14.5. The smallest absolute Gasteiger partial charge is 0.226 e. The molecule has 2 fully saturated rings. The lowest BCUT2D eigenvalue weighted by atomic mass is 10.0. The quantitative estimate of drug-likeness (QED) is 0.869. The van der Waals surface area contributed by atoms with Gasteiger partial charge in [0.15, 0.2) is 0 Å². The third kappa shape index (κ3) is 2.78.